The number of allylic oxidation sites excluding steroid dienone is 8. The molecule has 0 fully saturated rings. The van der Waals surface area contributed by atoms with Crippen molar-refractivity contribution >= 4 is 25.7 Å². The van der Waals surface area contributed by atoms with Crippen LogP contribution in [0.4, 0.5) is 0 Å². The largest absolute Gasteiger partial charge is 0.480 e. The van der Waals surface area contributed by atoms with Gasteiger partial charge in [-0.25, -0.2) is 4.57 Å². The van der Waals surface area contributed by atoms with Gasteiger partial charge in [0.15, 0.2) is 6.10 Å². The molecule has 0 saturated carbocycles. The zero-order valence-electron chi connectivity index (χ0n) is 34.3. The fourth-order valence-corrected chi connectivity index (χ4v) is 6.30. The van der Waals surface area contributed by atoms with E-state index in [4.69, 9.17) is 24.8 Å². The minimum atomic E-state index is -4.72. The van der Waals surface area contributed by atoms with Crippen LogP contribution in [0.3, 0.4) is 0 Å². The van der Waals surface area contributed by atoms with E-state index in [2.05, 4.69) is 67.0 Å². The van der Waals surface area contributed by atoms with Gasteiger partial charge in [0, 0.05) is 12.8 Å². The average Bonchev–Trinajstić information content (AvgIpc) is 3.16. The molecule has 0 amide bonds. The molecule has 0 spiro atoms. The van der Waals surface area contributed by atoms with Gasteiger partial charge in [0.2, 0.25) is 0 Å². The molecule has 0 aromatic carbocycles. The van der Waals surface area contributed by atoms with Crippen molar-refractivity contribution in [1.82, 2.24) is 0 Å². The second kappa shape index (κ2) is 38.3. The van der Waals surface area contributed by atoms with Crippen molar-refractivity contribution in [2.24, 2.45) is 5.73 Å². The molecule has 3 atom stereocenters. The first kappa shape index (κ1) is 52.4. The number of nitrogens with two attached hydrogens (primary N) is 1. The highest BCUT2D eigenvalue weighted by Crippen LogP contribution is 2.43. The highest BCUT2D eigenvalue weighted by Gasteiger charge is 2.28. The topological polar surface area (TPSA) is 172 Å². The Balaban J connectivity index is 4.43. The maximum atomic E-state index is 12.6. The maximum Gasteiger partial charge on any atom is 0.472 e. The van der Waals surface area contributed by atoms with Crippen LogP contribution in [0.5, 0.6) is 0 Å². The molecule has 0 aliphatic carbocycles. The molecular formula is C43H76NO10P. The Morgan fingerprint density at radius 2 is 1.02 bits per heavy atom. The molecular weight excluding hydrogens is 721 g/mol. The molecule has 318 valence electrons. The normalized spacial score (nSPS) is 14.3. The SMILES string of the molecule is CC/C=C\C/C=C\C/C=C\C/C=C\CCCCC(=O)OC(COC(=O)CCCCCCCCCCCCCCCCCC)COP(=O)(O)OCC(N)C(=O)O. The number of carboxylic acids is 1. The van der Waals surface area contributed by atoms with Crippen molar-refractivity contribution in [3.05, 3.63) is 48.6 Å². The third-order valence-electron chi connectivity index (χ3n) is 8.84. The van der Waals surface area contributed by atoms with E-state index in [0.717, 1.165) is 57.8 Å². The van der Waals surface area contributed by atoms with Gasteiger partial charge >= 0.3 is 25.7 Å². The van der Waals surface area contributed by atoms with Gasteiger partial charge in [-0.3, -0.25) is 23.4 Å². The van der Waals surface area contributed by atoms with Crippen LogP contribution in [-0.4, -0.2) is 59.9 Å². The minimum Gasteiger partial charge on any atom is -0.480 e. The van der Waals surface area contributed by atoms with Gasteiger partial charge in [0.25, 0.3) is 0 Å². The fraction of sp³-hybridized carbons (Fsp3) is 0.744. The van der Waals surface area contributed by atoms with Crippen LogP contribution in [-0.2, 0) is 37.5 Å². The van der Waals surface area contributed by atoms with Crippen LogP contribution >= 0.6 is 7.82 Å². The number of unbranched alkanes of at least 4 members (excludes halogenated alkanes) is 17. The minimum absolute atomic E-state index is 0.109. The summed E-state index contributed by atoms with van der Waals surface area (Å²) < 4.78 is 32.6. The molecule has 11 nitrogen and oxygen atoms in total. The summed E-state index contributed by atoms with van der Waals surface area (Å²) in [5.74, 6) is -2.43. The van der Waals surface area contributed by atoms with Crippen LogP contribution < -0.4 is 5.73 Å². The van der Waals surface area contributed by atoms with Crippen LogP contribution in [0.15, 0.2) is 48.6 Å². The Kier molecular flexibility index (Phi) is 36.5. The molecule has 0 radical (unpaired) electrons. The quantitative estimate of drug-likeness (QED) is 0.0234. The van der Waals surface area contributed by atoms with E-state index >= 15 is 0 Å². The number of phosphoric acid groups is 1. The number of carboxylic acid groups (broad SMARTS) is 1. The molecule has 0 aliphatic heterocycles. The smallest absolute Gasteiger partial charge is 0.472 e. The molecule has 0 saturated heterocycles. The number of hydrogen-bond donors (Lipinski definition) is 3. The summed E-state index contributed by atoms with van der Waals surface area (Å²) in [6, 6.07) is -1.53. The van der Waals surface area contributed by atoms with Crippen molar-refractivity contribution in [2.75, 3.05) is 19.8 Å². The van der Waals surface area contributed by atoms with Crippen LogP contribution in [0.25, 0.3) is 0 Å². The van der Waals surface area contributed by atoms with Crippen molar-refractivity contribution in [3.8, 4) is 0 Å². The molecule has 3 unspecified atom stereocenters. The van der Waals surface area contributed by atoms with Crippen molar-refractivity contribution in [2.45, 2.75) is 187 Å². The number of carbonyl (C=O) groups excluding carboxylic acids is 2. The predicted molar refractivity (Wildman–Crippen MR) is 222 cm³/mol. The second-order valence-corrected chi connectivity index (χ2v) is 15.6. The van der Waals surface area contributed by atoms with E-state index in [-0.39, 0.29) is 19.4 Å². The van der Waals surface area contributed by atoms with Crippen molar-refractivity contribution in [3.63, 3.8) is 0 Å². The Morgan fingerprint density at radius 3 is 1.53 bits per heavy atom. The summed E-state index contributed by atoms with van der Waals surface area (Å²) in [7, 11) is -4.72. The lowest BCUT2D eigenvalue weighted by atomic mass is 10.0. The van der Waals surface area contributed by atoms with Crippen LogP contribution in [0, 0.1) is 0 Å². The number of carbonyl (C=O) groups is 3. The highest BCUT2D eigenvalue weighted by atomic mass is 31.2. The predicted octanol–water partition coefficient (Wildman–Crippen LogP) is 11.0. The summed E-state index contributed by atoms with van der Waals surface area (Å²) in [6.45, 7) is 2.65. The van der Waals surface area contributed by atoms with E-state index in [1.165, 1.54) is 77.0 Å². The number of ether oxygens (including phenoxy) is 2. The maximum absolute atomic E-state index is 12.6. The van der Waals surface area contributed by atoms with Gasteiger partial charge < -0.3 is 25.2 Å². The van der Waals surface area contributed by atoms with Gasteiger partial charge in [-0.15, -0.1) is 0 Å². The zero-order valence-corrected chi connectivity index (χ0v) is 35.2. The molecule has 4 N–H and O–H groups in total. The number of rotatable bonds is 39. The second-order valence-electron chi connectivity index (χ2n) is 14.1. The van der Waals surface area contributed by atoms with E-state index < -0.39 is 51.1 Å². The van der Waals surface area contributed by atoms with Gasteiger partial charge in [-0.1, -0.05) is 159 Å². The zero-order chi connectivity index (χ0) is 40.7. The fourth-order valence-electron chi connectivity index (χ4n) is 5.53. The van der Waals surface area contributed by atoms with E-state index in [9.17, 15) is 23.8 Å². The van der Waals surface area contributed by atoms with Crippen LogP contribution in [0.1, 0.15) is 174 Å². The number of phosphoric ester groups is 1. The summed E-state index contributed by atoms with van der Waals surface area (Å²) in [5.41, 5.74) is 5.32. The number of esters is 2. The van der Waals surface area contributed by atoms with Gasteiger partial charge in [0.05, 0.1) is 13.2 Å². The summed E-state index contributed by atoms with van der Waals surface area (Å²) >= 11 is 0. The lowest BCUT2D eigenvalue weighted by molar-refractivity contribution is -0.161. The lowest BCUT2D eigenvalue weighted by Gasteiger charge is -2.20. The molecule has 0 bridgehead atoms. The van der Waals surface area contributed by atoms with Gasteiger partial charge in [-0.05, 0) is 51.4 Å². The first-order chi connectivity index (χ1) is 26.6. The van der Waals surface area contributed by atoms with Gasteiger partial charge in [0.1, 0.15) is 12.6 Å². The highest BCUT2D eigenvalue weighted by molar-refractivity contribution is 7.47. The van der Waals surface area contributed by atoms with E-state index in [1.807, 2.05) is 0 Å². The van der Waals surface area contributed by atoms with Crippen molar-refractivity contribution in [1.29, 1.82) is 0 Å². The average molecular weight is 798 g/mol. The van der Waals surface area contributed by atoms with E-state index in [0.29, 0.717) is 12.8 Å². The molecule has 0 rings (SSSR count). The number of aliphatic carboxylic acids is 1. The Labute approximate surface area is 333 Å². The third-order valence-corrected chi connectivity index (χ3v) is 9.79. The molecule has 12 heteroatoms. The molecule has 0 aromatic heterocycles. The van der Waals surface area contributed by atoms with Gasteiger partial charge in [-0.2, -0.15) is 0 Å². The Hall–Kier alpha value is -2.56. The lowest BCUT2D eigenvalue weighted by Crippen LogP contribution is -2.34. The Morgan fingerprint density at radius 1 is 0.582 bits per heavy atom. The first-order valence-corrected chi connectivity index (χ1v) is 22.7. The number of hydrogen-bond acceptors (Lipinski definition) is 9. The summed E-state index contributed by atoms with van der Waals surface area (Å²) in [5, 5.41) is 8.88. The van der Waals surface area contributed by atoms with Crippen LogP contribution in [0.2, 0.25) is 0 Å². The van der Waals surface area contributed by atoms with E-state index in [1.54, 1.807) is 0 Å². The molecule has 0 aromatic rings. The molecule has 0 aliphatic rings. The standard InChI is InChI=1S/C43H76NO10P/c1-3-5-7-9-11-13-15-17-19-21-22-24-26-28-30-32-34-41(45)51-36-39(37-52-55(49,50)53-38-40(44)43(47)48)54-42(46)35-33-31-29-27-25-23-20-18-16-14-12-10-8-6-4-2/h6,8,12,14,18,20,25,27,39-40H,3-5,7,9-11,13,15-17,19,21-24,26,28-38,44H2,1-2H3,(H,47,48)(H,49,50)/b8-6-,14-12-,20-18-,27-25-. The summed E-state index contributed by atoms with van der Waals surface area (Å²) in [4.78, 5) is 45.9. The third kappa shape index (κ3) is 38.1. The summed E-state index contributed by atoms with van der Waals surface area (Å²) in [6.07, 6.45) is 41.8. The molecule has 55 heavy (non-hydrogen) atoms. The van der Waals surface area contributed by atoms with Crippen molar-refractivity contribution < 1.29 is 47.5 Å². The first-order valence-electron chi connectivity index (χ1n) is 21.2. The monoisotopic (exact) mass is 798 g/mol. The Bertz CT molecular complexity index is 1120. The molecule has 0 heterocycles.